The molecule has 0 spiro atoms. The minimum absolute atomic E-state index is 0.0807. The number of halogens is 1. The molecule has 8 nitrogen and oxygen atoms in total. The van der Waals surface area contributed by atoms with Gasteiger partial charge in [0.05, 0.1) is 23.1 Å². The molecule has 0 saturated heterocycles. The molecule has 9 heteroatoms. The molecule has 0 heterocycles. The number of methoxy groups -OCH3 is 1. The maximum Gasteiger partial charge on any atom is 0.269 e. The molecule has 0 aliphatic carbocycles. The highest BCUT2D eigenvalue weighted by molar-refractivity contribution is 9.10. The zero-order valence-corrected chi connectivity index (χ0v) is 17.6. The van der Waals surface area contributed by atoms with E-state index in [1.165, 1.54) is 31.4 Å². The average molecular weight is 460 g/mol. The maximum atomic E-state index is 12.5. The Labute approximate surface area is 176 Å². The number of aryl methyl sites for hydroxylation is 1. The van der Waals surface area contributed by atoms with E-state index < -0.39 is 10.8 Å². The van der Waals surface area contributed by atoms with Crippen LogP contribution < -0.4 is 14.8 Å². The summed E-state index contributed by atoms with van der Waals surface area (Å²) in [5.74, 6) is 0.349. The molecule has 1 N–H and O–H groups in total. The molecule has 2 aromatic carbocycles. The first kappa shape index (κ1) is 21.9. The summed E-state index contributed by atoms with van der Waals surface area (Å²) >= 11 is 3.40. The number of nitrogens with one attached hydrogen (secondary N) is 1. The molecule has 150 valence electrons. The van der Waals surface area contributed by atoms with Gasteiger partial charge in [-0.25, -0.2) is 0 Å². The Kier molecular flexibility index (Phi) is 7.33. The topological polar surface area (TPSA) is 114 Å². The standard InChI is InChI=1S/C20H18BrN3O5/c1-4-29-19-16(21)9-13(10-18(19)28-3)8-14(11-22)20(25)23-17-6-5-15(24(26)27)7-12(17)2/h5-10H,4H2,1-3H3,(H,23,25)/b14-8+. The van der Waals surface area contributed by atoms with Crippen molar-refractivity contribution in [2.75, 3.05) is 19.0 Å². The van der Waals surface area contributed by atoms with E-state index in [1.807, 2.05) is 13.0 Å². The Balaban J connectivity index is 2.32. The molecule has 0 fully saturated rings. The number of hydrogen-bond acceptors (Lipinski definition) is 6. The van der Waals surface area contributed by atoms with Crippen molar-refractivity contribution in [1.29, 1.82) is 5.26 Å². The van der Waals surface area contributed by atoms with E-state index in [2.05, 4.69) is 21.2 Å². The van der Waals surface area contributed by atoms with Crippen molar-refractivity contribution in [1.82, 2.24) is 0 Å². The summed E-state index contributed by atoms with van der Waals surface area (Å²) in [6, 6.07) is 9.28. The van der Waals surface area contributed by atoms with E-state index in [1.54, 1.807) is 19.1 Å². The Hall–Kier alpha value is -3.38. The van der Waals surface area contributed by atoms with Crippen LogP contribution in [0.4, 0.5) is 11.4 Å². The van der Waals surface area contributed by atoms with Crippen LogP contribution in [0, 0.1) is 28.4 Å². The minimum atomic E-state index is -0.631. The van der Waals surface area contributed by atoms with Crippen LogP contribution >= 0.6 is 15.9 Å². The highest BCUT2D eigenvalue weighted by atomic mass is 79.9. The van der Waals surface area contributed by atoms with Crippen molar-refractivity contribution in [2.45, 2.75) is 13.8 Å². The van der Waals surface area contributed by atoms with Crippen LogP contribution in [0.1, 0.15) is 18.1 Å². The number of non-ortho nitro benzene ring substituents is 1. The smallest absolute Gasteiger partial charge is 0.269 e. The van der Waals surface area contributed by atoms with E-state index >= 15 is 0 Å². The third-order valence-corrected chi connectivity index (χ3v) is 4.47. The minimum Gasteiger partial charge on any atom is -0.493 e. The monoisotopic (exact) mass is 459 g/mol. The molecule has 0 radical (unpaired) electrons. The first-order valence-corrected chi connectivity index (χ1v) is 9.28. The third kappa shape index (κ3) is 5.33. The van der Waals surface area contributed by atoms with Gasteiger partial charge in [-0.1, -0.05) is 0 Å². The van der Waals surface area contributed by atoms with Crippen molar-refractivity contribution >= 4 is 39.3 Å². The van der Waals surface area contributed by atoms with Gasteiger partial charge in [0.15, 0.2) is 11.5 Å². The van der Waals surface area contributed by atoms with Crippen molar-refractivity contribution in [3.8, 4) is 17.6 Å². The summed E-state index contributed by atoms with van der Waals surface area (Å²) in [4.78, 5) is 22.8. The van der Waals surface area contributed by atoms with Gasteiger partial charge in [-0.05, 0) is 65.2 Å². The fourth-order valence-electron chi connectivity index (χ4n) is 2.51. The molecule has 0 aliphatic rings. The second-order valence-corrected chi connectivity index (χ2v) is 6.70. The summed E-state index contributed by atoms with van der Waals surface area (Å²) in [6.07, 6.45) is 1.42. The lowest BCUT2D eigenvalue weighted by Crippen LogP contribution is -2.14. The summed E-state index contributed by atoms with van der Waals surface area (Å²) in [6.45, 7) is 3.93. The second-order valence-electron chi connectivity index (χ2n) is 5.85. The van der Waals surface area contributed by atoms with Crippen LogP contribution in [0.15, 0.2) is 40.4 Å². The molecule has 0 unspecified atom stereocenters. The predicted molar refractivity (Wildman–Crippen MR) is 112 cm³/mol. The number of carbonyl (C=O) groups excluding carboxylic acids is 1. The molecule has 2 aromatic rings. The van der Waals surface area contributed by atoms with Crippen molar-refractivity contribution in [3.63, 3.8) is 0 Å². The Morgan fingerprint density at radius 3 is 2.66 bits per heavy atom. The molecule has 1 amide bonds. The van der Waals surface area contributed by atoms with Gasteiger partial charge in [-0.3, -0.25) is 14.9 Å². The zero-order valence-electron chi connectivity index (χ0n) is 16.0. The summed E-state index contributed by atoms with van der Waals surface area (Å²) < 4.78 is 11.5. The highest BCUT2D eigenvalue weighted by Crippen LogP contribution is 2.37. The van der Waals surface area contributed by atoms with Crippen LogP contribution in [-0.2, 0) is 4.79 Å². The number of nitrogens with zero attached hydrogens (tertiary/aromatic N) is 2. The Bertz CT molecular complexity index is 1030. The third-order valence-electron chi connectivity index (χ3n) is 3.89. The first-order valence-electron chi connectivity index (χ1n) is 8.49. The largest absolute Gasteiger partial charge is 0.493 e. The van der Waals surface area contributed by atoms with Crippen LogP contribution in [0.2, 0.25) is 0 Å². The number of carbonyl (C=O) groups is 1. The predicted octanol–water partition coefficient (Wildman–Crippen LogP) is 4.62. The summed E-state index contributed by atoms with van der Waals surface area (Å²) in [7, 11) is 1.49. The lowest BCUT2D eigenvalue weighted by atomic mass is 10.1. The molecular weight excluding hydrogens is 442 g/mol. The van der Waals surface area contributed by atoms with Gasteiger partial charge in [-0.2, -0.15) is 5.26 Å². The van der Waals surface area contributed by atoms with Gasteiger partial charge in [0.2, 0.25) is 0 Å². The summed E-state index contributed by atoms with van der Waals surface area (Å²) in [5, 5.41) is 22.9. The molecule has 0 bridgehead atoms. The normalized spacial score (nSPS) is 10.8. The number of nitro groups is 1. The van der Waals surface area contributed by atoms with Crippen LogP contribution in [0.3, 0.4) is 0 Å². The number of anilines is 1. The van der Waals surface area contributed by atoms with Crippen LogP contribution in [0.25, 0.3) is 6.08 Å². The number of benzene rings is 2. The van der Waals surface area contributed by atoms with Gasteiger partial charge in [0.1, 0.15) is 11.6 Å². The Morgan fingerprint density at radius 1 is 1.38 bits per heavy atom. The number of hydrogen-bond donors (Lipinski definition) is 1. The van der Waals surface area contributed by atoms with Crippen molar-refractivity contribution < 1.29 is 19.2 Å². The van der Waals surface area contributed by atoms with Gasteiger partial charge >= 0.3 is 0 Å². The van der Waals surface area contributed by atoms with E-state index in [4.69, 9.17) is 9.47 Å². The molecule has 0 aromatic heterocycles. The second kappa shape index (κ2) is 9.71. The first-order chi connectivity index (χ1) is 13.8. The molecular formula is C20H18BrN3O5. The molecule has 0 atom stereocenters. The van der Waals surface area contributed by atoms with E-state index in [0.29, 0.717) is 39.4 Å². The number of ether oxygens (including phenoxy) is 2. The lowest BCUT2D eigenvalue weighted by Gasteiger charge is -2.12. The molecule has 29 heavy (non-hydrogen) atoms. The Morgan fingerprint density at radius 2 is 2.10 bits per heavy atom. The lowest BCUT2D eigenvalue weighted by molar-refractivity contribution is -0.384. The van der Waals surface area contributed by atoms with Crippen molar-refractivity contribution in [3.05, 3.63) is 61.6 Å². The fraction of sp³-hybridized carbons (Fsp3) is 0.200. The van der Waals surface area contributed by atoms with Gasteiger partial charge in [0, 0.05) is 17.8 Å². The molecule has 2 rings (SSSR count). The molecule has 0 saturated carbocycles. The van der Waals surface area contributed by atoms with Gasteiger partial charge in [-0.15, -0.1) is 0 Å². The average Bonchev–Trinajstić information content (AvgIpc) is 2.69. The number of rotatable bonds is 7. The van der Waals surface area contributed by atoms with Gasteiger partial charge in [0.25, 0.3) is 11.6 Å². The van der Waals surface area contributed by atoms with Crippen LogP contribution in [0.5, 0.6) is 11.5 Å². The van der Waals surface area contributed by atoms with Crippen molar-refractivity contribution in [2.24, 2.45) is 0 Å². The number of nitriles is 1. The van der Waals surface area contributed by atoms with Crippen LogP contribution in [-0.4, -0.2) is 24.5 Å². The number of amides is 1. The van der Waals surface area contributed by atoms with E-state index in [9.17, 15) is 20.2 Å². The SMILES string of the molecule is CCOc1c(Br)cc(/C=C(\C#N)C(=O)Nc2ccc([N+](=O)[O-])cc2C)cc1OC. The maximum absolute atomic E-state index is 12.5. The van der Waals surface area contributed by atoms with E-state index in [0.717, 1.165) is 0 Å². The van der Waals surface area contributed by atoms with Gasteiger partial charge < -0.3 is 14.8 Å². The quantitative estimate of drug-likeness (QED) is 0.279. The fourth-order valence-corrected chi connectivity index (χ4v) is 3.09. The number of nitro benzene ring substituents is 1. The highest BCUT2D eigenvalue weighted by Gasteiger charge is 2.15. The zero-order chi connectivity index (χ0) is 21.6. The van der Waals surface area contributed by atoms with E-state index in [-0.39, 0.29) is 11.3 Å². The summed E-state index contributed by atoms with van der Waals surface area (Å²) in [5.41, 5.74) is 1.23. The molecule has 0 aliphatic heterocycles.